The second-order valence-corrected chi connectivity index (χ2v) is 8.41. The molecule has 9 nitrogen and oxygen atoms in total. The summed E-state index contributed by atoms with van der Waals surface area (Å²) in [6.07, 6.45) is 0. The van der Waals surface area contributed by atoms with Crippen LogP contribution < -0.4 is 20.1 Å². The number of aryl methyl sites for hydroxylation is 2. The lowest BCUT2D eigenvalue weighted by Crippen LogP contribution is -2.29. The van der Waals surface area contributed by atoms with Crippen molar-refractivity contribution in [1.29, 1.82) is 0 Å². The molecule has 34 heavy (non-hydrogen) atoms. The van der Waals surface area contributed by atoms with Crippen LogP contribution in [0.5, 0.6) is 11.5 Å². The number of nitrogens with zero attached hydrogens (tertiary/aromatic N) is 3. The topological polar surface area (TPSA) is 107 Å². The average molecular weight is 484 g/mol. The van der Waals surface area contributed by atoms with Crippen LogP contribution in [0.4, 0.5) is 5.69 Å². The third-order valence-corrected chi connectivity index (χ3v) is 5.99. The van der Waals surface area contributed by atoms with Gasteiger partial charge in [-0.05, 0) is 44.0 Å². The number of anilines is 1. The van der Waals surface area contributed by atoms with Crippen molar-refractivity contribution in [3.05, 3.63) is 59.4 Å². The predicted octanol–water partition coefficient (Wildman–Crippen LogP) is 3.35. The molecule has 1 aromatic heterocycles. The number of nitrogens with one attached hydrogen (secondary N) is 2. The third-order valence-electron chi connectivity index (χ3n) is 5.02. The maximum absolute atomic E-state index is 12.4. The number of ether oxygens (including phenoxy) is 2. The minimum atomic E-state index is -0.251. The molecule has 0 unspecified atom stereocenters. The number of benzene rings is 2. The summed E-state index contributed by atoms with van der Waals surface area (Å²) in [4.78, 5) is 24.7. The van der Waals surface area contributed by atoms with Gasteiger partial charge in [-0.15, -0.1) is 10.2 Å². The molecule has 0 saturated carbocycles. The summed E-state index contributed by atoms with van der Waals surface area (Å²) in [6.45, 7) is 6.57. The number of methoxy groups -OCH3 is 1. The molecule has 0 aliphatic rings. The summed E-state index contributed by atoms with van der Waals surface area (Å²) in [7, 11) is 1.56. The first-order valence-electron chi connectivity index (χ1n) is 10.9. The summed E-state index contributed by atoms with van der Waals surface area (Å²) in [6, 6.07) is 13.1. The molecule has 2 amide bonds. The van der Waals surface area contributed by atoms with E-state index in [1.54, 1.807) is 19.2 Å². The first-order valence-corrected chi connectivity index (χ1v) is 11.8. The summed E-state index contributed by atoms with van der Waals surface area (Å²) in [5.74, 6) is 1.65. The standard InChI is InChI=1S/C24H29N5O4S/c1-5-29-20(13-25-21(30)14-33-23-16(2)9-8-10-17(23)3)27-28-24(29)34-15-22(31)26-18-11-6-7-12-19(18)32-4/h6-12H,5,13-15H2,1-4H3,(H,25,30)(H,26,31). The Balaban J connectivity index is 1.51. The number of hydrogen-bond donors (Lipinski definition) is 2. The van der Waals surface area contributed by atoms with Gasteiger partial charge in [0, 0.05) is 6.54 Å². The van der Waals surface area contributed by atoms with Crippen LogP contribution in [-0.4, -0.2) is 46.0 Å². The van der Waals surface area contributed by atoms with Crippen molar-refractivity contribution in [2.75, 3.05) is 24.8 Å². The number of hydrogen-bond acceptors (Lipinski definition) is 7. The van der Waals surface area contributed by atoms with Crippen LogP contribution >= 0.6 is 11.8 Å². The van der Waals surface area contributed by atoms with Gasteiger partial charge in [0.2, 0.25) is 5.91 Å². The molecule has 0 bridgehead atoms. The van der Waals surface area contributed by atoms with Gasteiger partial charge in [-0.3, -0.25) is 9.59 Å². The van der Waals surface area contributed by atoms with Gasteiger partial charge >= 0.3 is 0 Å². The monoisotopic (exact) mass is 483 g/mol. The lowest BCUT2D eigenvalue weighted by atomic mass is 10.1. The van der Waals surface area contributed by atoms with Crippen molar-refractivity contribution in [3.63, 3.8) is 0 Å². The summed E-state index contributed by atoms with van der Waals surface area (Å²) in [5, 5.41) is 14.6. The second-order valence-electron chi connectivity index (χ2n) is 7.47. The van der Waals surface area contributed by atoms with Crippen molar-refractivity contribution in [1.82, 2.24) is 20.1 Å². The van der Waals surface area contributed by atoms with Crippen molar-refractivity contribution in [3.8, 4) is 11.5 Å². The molecular formula is C24H29N5O4S. The molecule has 0 saturated heterocycles. The van der Waals surface area contributed by atoms with Crippen molar-refractivity contribution < 1.29 is 19.1 Å². The Bertz CT molecular complexity index is 1130. The van der Waals surface area contributed by atoms with Gasteiger partial charge in [-0.25, -0.2) is 0 Å². The number of aromatic nitrogens is 3. The smallest absolute Gasteiger partial charge is 0.258 e. The molecule has 1 heterocycles. The molecule has 10 heteroatoms. The van der Waals surface area contributed by atoms with Crippen LogP contribution in [0.2, 0.25) is 0 Å². The van der Waals surface area contributed by atoms with E-state index in [4.69, 9.17) is 9.47 Å². The summed E-state index contributed by atoms with van der Waals surface area (Å²) in [5.41, 5.74) is 2.57. The van der Waals surface area contributed by atoms with E-state index in [1.807, 2.05) is 55.7 Å². The zero-order valence-electron chi connectivity index (χ0n) is 19.8. The fourth-order valence-electron chi connectivity index (χ4n) is 3.33. The highest BCUT2D eigenvalue weighted by Gasteiger charge is 2.15. The van der Waals surface area contributed by atoms with Crippen molar-refractivity contribution >= 4 is 29.3 Å². The molecular weight excluding hydrogens is 454 g/mol. The lowest BCUT2D eigenvalue weighted by Gasteiger charge is -2.12. The maximum Gasteiger partial charge on any atom is 0.258 e. The highest BCUT2D eigenvalue weighted by atomic mass is 32.2. The number of amides is 2. The molecule has 0 fully saturated rings. The van der Waals surface area contributed by atoms with Crippen molar-refractivity contribution in [2.24, 2.45) is 0 Å². The quantitative estimate of drug-likeness (QED) is 0.403. The van der Waals surface area contributed by atoms with E-state index in [0.717, 1.165) is 16.9 Å². The number of para-hydroxylation sites is 3. The molecule has 3 rings (SSSR count). The lowest BCUT2D eigenvalue weighted by molar-refractivity contribution is -0.123. The molecule has 0 atom stereocenters. The van der Waals surface area contributed by atoms with Crippen LogP contribution in [0.15, 0.2) is 47.6 Å². The molecule has 180 valence electrons. The minimum Gasteiger partial charge on any atom is -0.495 e. The van der Waals surface area contributed by atoms with Gasteiger partial charge in [-0.2, -0.15) is 0 Å². The van der Waals surface area contributed by atoms with Crippen LogP contribution in [0.1, 0.15) is 23.9 Å². The normalized spacial score (nSPS) is 10.6. The highest BCUT2D eigenvalue weighted by Crippen LogP contribution is 2.24. The third kappa shape index (κ3) is 6.50. The van der Waals surface area contributed by atoms with E-state index >= 15 is 0 Å². The first kappa shape index (κ1) is 25.1. The zero-order chi connectivity index (χ0) is 24.5. The van der Waals surface area contributed by atoms with Gasteiger partial charge in [0.05, 0.1) is 25.1 Å². The first-order chi connectivity index (χ1) is 16.4. The Morgan fingerprint density at radius 3 is 2.47 bits per heavy atom. The van der Waals surface area contributed by atoms with Gasteiger partial charge < -0.3 is 24.7 Å². The van der Waals surface area contributed by atoms with E-state index in [9.17, 15) is 9.59 Å². The van der Waals surface area contributed by atoms with Crippen LogP contribution in [0.25, 0.3) is 0 Å². The maximum atomic E-state index is 12.4. The molecule has 0 spiro atoms. The van der Waals surface area contributed by atoms with Crippen LogP contribution in [-0.2, 0) is 22.7 Å². The largest absolute Gasteiger partial charge is 0.495 e. The van der Waals surface area contributed by atoms with E-state index in [0.29, 0.717) is 29.0 Å². The Morgan fingerprint density at radius 1 is 1.03 bits per heavy atom. The molecule has 0 aliphatic heterocycles. The number of thioether (sulfide) groups is 1. The number of rotatable bonds is 11. The van der Waals surface area contributed by atoms with E-state index in [-0.39, 0.29) is 30.7 Å². The van der Waals surface area contributed by atoms with Gasteiger partial charge in [0.15, 0.2) is 17.6 Å². The molecule has 0 aliphatic carbocycles. The Morgan fingerprint density at radius 2 is 1.76 bits per heavy atom. The van der Waals surface area contributed by atoms with Gasteiger partial charge in [-0.1, -0.05) is 42.1 Å². The SMILES string of the molecule is CCn1c(CNC(=O)COc2c(C)cccc2C)nnc1SCC(=O)Nc1ccccc1OC. The number of carbonyl (C=O) groups excluding carboxylic acids is 2. The molecule has 3 aromatic rings. The summed E-state index contributed by atoms with van der Waals surface area (Å²) < 4.78 is 12.8. The highest BCUT2D eigenvalue weighted by molar-refractivity contribution is 7.99. The second kappa shape index (κ2) is 12.1. The van der Waals surface area contributed by atoms with E-state index in [1.165, 1.54) is 11.8 Å². The number of carbonyl (C=O) groups is 2. The minimum absolute atomic E-state index is 0.0866. The van der Waals surface area contributed by atoms with Crippen LogP contribution in [0.3, 0.4) is 0 Å². The zero-order valence-corrected chi connectivity index (χ0v) is 20.6. The fraction of sp³-hybridized carbons (Fsp3) is 0.333. The predicted molar refractivity (Wildman–Crippen MR) is 131 cm³/mol. The molecule has 2 aromatic carbocycles. The Kier molecular flexibility index (Phi) is 8.92. The average Bonchev–Trinajstić information content (AvgIpc) is 3.23. The summed E-state index contributed by atoms with van der Waals surface area (Å²) >= 11 is 1.28. The van der Waals surface area contributed by atoms with Crippen molar-refractivity contribution in [2.45, 2.75) is 39.0 Å². The Hall–Kier alpha value is -3.53. The molecule has 0 radical (unpaired) electrons. The molecule has 2 N–H and O–H groups in total. The fourth-order valence-corrected chi connectivity index (χ4v) is 4.15. The van der Waals surface area contributed by atoms with E-state index in [2.05, 4.69) is 20.8 Å². The van der Waals surface area contributed by atoms with E-state index < -0.39 is 0 Å². The van der Waals surface area contributed by atoms with Gasteiger partial charge in [0.25, 0.3) is 5.91 Å². The Labute approximate surface area is 203 Å². The van der Waals surface area contributed by atoms with Gasteiger partial charge in [0.1, 0.15) is 11.5 Å². The van der Waals surface area contributed by atoms with Crippen LogP contribution in [0, 0.1) is 13.8 Å².